The van der Waals surface area contributed by atoms with E-state index in [4.69, 9.17) is 17.3 Å². The summed E-state index contributed by atoms with van der Waals surface area (Å²) in [5.74, 6) is 0.833. The Morgan fingerprint density at radius 1 is 1.24 bits per heavy atom. The Morgan fingerprint density at radius 2 is 2.00 bits per heavy atom. The molecule has 3 N–H and O–H groups in total. The van der Waals surface area contributed by atoms with E-state index in [2.05, 4.69) is 36.4 Å². The molecule has 148 valence electrons. The third kappa shape index (κ3) is 4.13. The number of nitrogens with zero attached hydrogens (tertiary/aromatic N) is 2. The number of nitrogens with one attached hydrogen (secondary N) is 1. The number of carbonyl (C=O) groups excluding carboxylic acids is 1. The number of benzene rings is 2. The third-order valence-corrected chi connectivity index (χ3v) is 5.67. The van der Waals surface area contributed by atoms with E-state index in [1.165, 1.54) is 22.3 Å². The van der Waals surface area contributed by atoms with Crippen molar-refractivity contribution in [1.82, 2.24) is 9.55 Å². The lowest BCUT2D eigenvalue weighted by molar-refractivity contribution is 0.102. The molecule has 1 amide bonds. The molecule has 4 aromatic rings. The lowest BCUT2D eigenvalue weighted by Crippen LogP contribution is -2.12. The number of carbonyl (C=O) groups is 1. The zero-order valence-corrected chi connectivity index (χ0v) is 17.7. The summed E-state index contributed by atoms with van der Waals surface area (Å²) in [6, 6.07) is 12.7. The fourth-order valence-corrected chi connectivity index (χ4v) is 4.20. The van der Waals surface area contributed by atoms with Crippen molar-refractivity contribution in [2.75, 3.05) is 11.1 Å². The van der Waals surface area contributed by atoms with Crippen LogP contribution in [0.3, 0.4) is 0 Å². The summed E-state index contributed by atoms with van der Waals surface area (Å²) in [6.07, 6.45) is 3.09. The molecule has 0 aliphatic carbocycles. The van der Waals surface area contributed by atoms with Gasteiger partial charge in [-0.25, -0.2) is 4.98 Å². The molecule has 2 aromatic heterocycles. The third-order valence-electron chi connectivity index (χ3n) is 4.59. The largest absolute Gasteiger partial charge is 0.399 e. The quantitative estimate of drug-likeness (QED) is 0.399. The smallest absolute Gasteiger partial charge is 0.256 e. The second-order valence-electron chi connectivity index (χ2n) is 7.38. The highest BCUT2D eigenvalue weighted by Gasteiger charge is 2.15. The SMILES string of the molecule is CC(C)Cc1cn(-c2nc(NC(=O)c3ccc(N)cc3)cs2)c2cc(Cl)ccc12. The second kappa shape index (κ2) is 7.89. The normalized spacial score (nSPS) is 11.3. The molecule has 0 saturated carbocycles. The number of halogens is 1. The molecule has 0 radical (unpaired) electrons. The lowest BCUT2D eigenvalue weighted by Gasteiger charge is -2.03. The first-order valence-corrected chi connectivity index (χ1v) is 10.6. The van der Waals surface area contributed by atoms with Crippen LogP contribution in [0.5, 0.6) is 0 Å². The fourth-order valence-electron chi connectivity index (χ4n) is 3.29. The van der Waals surface area contributed by atoms with Crippen LogP contribution in [0, 0.1) is 5.92 Å². The Balaban J connectivity index is 1.65. The predicted molar refractivity (Wildman–Crippen MR) is 121 cm³/mol. The number of nitrogen functional groups attached to an aromatic ring is 1. The Labute approximate surface area is 178 Å². The molecule has 0 bridgehead atoms. The Morgan fingerprint density at radius 3 is 2.72 bits per heavy atom. The Kier molecular flexibility index (Phi) is 5.30. The van der Waals surface area contributed by atoms with Gasteiger partial charge in [0.25, 0.3) is 5.91 Å². The van der Waals surface area contributed by atoms with Crippen LogP contribution in [0.25, 0.3) is 16.0 Å². The molecule has 2 heterocycles. The van der Waals surface area contributed by atoms with Crippen molar-refractivity contribution in [2.24, 2.45) is 5.92 Å². The lowest BCUT2D eigenvalue weighted by atomic mass is 10.0. The number of nitrogens with two attached hydrogens (primary N) is 1. The molecule has 0 aliphatic heterocycles. The number of thiazole rings is 1. The van der Waals surface area contributed by atoms with E-state index >= 15 is 0 Å². The molecule has 0 unspecified atom stereocenters. The molecule has 2 aromatic carbocycles. The van der Waals surface area contributed by atoms with Crippen molar-refractivity contribution in [3.05, 3.63) is 70.2 Å². The van der Waals surface area contributed by atoms with Gasteiger partial charge in [-0.1, -0.05) is 31.5 Å². The Bertz CT molecular complexity index is 1180. The first-order valence-electron chi connectivity index (χ1n) is 9.33. The highest BCUT2D eigenvalue weighted by molar-refractivity contribution is 7.12. The van der Waals surface area contributed by atoms with Gasteiger partial charge in [-0.15, -0.1) is 11.3 Å². The van der Waals surface area contributed by atoms with Gasteiger partial charge in [0.2, 0.25) is 0 Å². The van der Waals surface area contributed by atoms with E-state index in [1.54, 1.807) is 24.3 Å². The molecule has 0 aliphatic rings. The summed E-state index contributed by atoms with van der Waals surface area (Å²) >= 11 is 7.72. The molecular weight excluding hydrogens is 404 g/mol. The standard InChI is InChI=1S/C22H21ClN4OS/c1-13(2)9-15-11-27(19-10-16(23)5-8-18(15)19)22-26-20(12-29-22)25-21(28)14-3-6-17(24)7-4-14/h3-8,10-13H,9,24H2,1-2H3,(H,25,28). The highest BCUT2D eigenvalue weighted by atomic mass is 35.5. The summed E-state index contributed by atoms with van der Waals surface area (Å²) < 4.78 is 2.04. The summed E-state index contributed by atoms with van der Waals surface area (Å²) in [7, 11) is 0. The van der Waals surface area contributed by atoms with Gasteiger partial charge in [-0.2, -0.15) is 0 Å². The molecule has 0 fully saturated rings. The molecule has 0 saturated heterocycles. The Hall–Kier alpha value is -2.83. The van der Waals surface area contributed by atoms with Crippen LogP contribution in [-0.4, -0.2) is 15.5 Å². The van der Waals surface area contributed by atoms with E-state index < -0.39 is 0 Å². The van der Waals surface area contributed by atoms with E-state index in [1.807, 2.05) is 22.1 Å². The number of amides is 1. The van der Waals surface area contributed by atoms with Crippen LogP contribution < -0.4 is 11.1 Å². The minimum Gasteiger partial charge on any atom is -0.399 e. The van der Waals surface area contributed by atoms with E-state index in [0.29, 0.717) is 28.0 Å². The van der Waals surface area contributed by atoms with Gasteiger partial charge >= 0.3 is 0 Å². The maximum absolute atomic E-state index is 12.4. The molecule has 0 spiro atoms. The van der Waals surface area contributed by atoms with Gasteiger partial charge in [0.05, 0.1) is 5.52 Å². The first-order chi connectivity index (χ1) is 13.9. The zero-order chi connectivity index (χ0) is 20.5. The van der Waals surface area contributed by atoms with E-state index in [0.717, 1.165) is 17.1 Å². The first kappa shape index (κ1) is 19.5. The van der Waals surface area contributed by atoms with Crippen LogP contribution in [0.15, 0.2) is 54.0 Å². The van der Waals surface area contributed by atoms with E-state index in [9.17, 15) is 4.79 Å². The summed E-state index contributed by atoms with van der Waals surface area (Å²) in [5, 5.41) is 7.31. The van der Waals surface area contributed by atoms with Gasteiger partial charge in [0, 0.05) is 33.2 Å². The molecule has 29 heavy (non-hydrogen) atoms. The van der Waals surface area contributed by atoms with Crippen molar-refractivity contribution in [3.63, 3.8) is 0 Å². The molecule has 7 heteroatoms. The molecular formula is C22H21ClN4OS. The van der Waals surface area contributed by atoms with Crippen LogP contribution in [0.1, 0.15) is 29.8 Å². The van der Waals surface area contributed by atoms with Crippen molar-refractivity contribution in [3.8, 4) is 5.13 Å². The van der Waals surface area contributed by atoms with Crippen molar-refractivity contribution >= 4 is 51.3 Å². The monoisotopic (exact) mass is 424 g/mol. The van der Waals surface area contributed by atoms with Crippen LogP contribution in [0.4, 0.5) is 11.5 Å². The number of aromatic nitrogens is 2. The average molecular weight is 425 g/mol. The van der Waals surface area contributed by atoms with Gasteiger partial charge < -0.3 is 11.1 Å². The van der Waals surface area contributed by atoms with Crippen molar-refractivity contribution < 1.29 is 4.79 Å². The predicted octanol–water partition coefficient (Wildman–Crippen LogP) is 5.77. The zero-order valence-electron chi connectivity index (χ0n) is 16.1. The topological polar surface area (TPSA) is 72.9 Å². The minimum atomic E-state index is -0.220. The van der Waals surface area contributed by atoms with Crippen LogP contribution >= 0.6 is 22.9 Å². The van der Waals surface area contributed by atoms with Gasteiger partial charge in [0.15, 0.2) is 5.13 Å². The summed E-state index contributed by atoms with van der Waals surface area (Å²) in [4.78, 5) is 17.1. The van der Waals surface area contributed by atoms with Crippen LogP contribution in [-0.2, 0) is 6.42 Å². The molecule has 4 rings (SSSR count). The maximum Gasteiger partial charge on any atom is 0.256 e. The molecule has 0 atom stereocenters. The second-order valence-corrected chi connectivity index (χ2v) is 8.65. The van der Waals surface area contributed by atoms with Gasteiger partial charge in [-0.05, 0) is 54.3 Å². The van der Waals surface area contributed by atoms with Gasteiger partial charge in [0.1, 0.15) is 5.82 Å². The number of fused-ring (bicyclic) bond motifs is 1. The number of anilines is 2. The van der Waals surface area contributed by atoms with Crippen molar-refractivity contribution in [1.29, 1.82) is 0 Å². The maximum atomic E-state index is 12.4. The average Bonchev–Trinajstić information content (AvgIpc) is 3.26. The number of rotatable bonds is 5. The summed E-state index contributed by atoms with van der Waals surface area (Å²) in [5.41, 5.74) is 9.10. The van der Waals surface area contributed by atoms with Crippen LogP contribution in [0.2, 0.25) is 5.02 Å². The summed E-state index contributed by atoms with van der Waals surface area (Å²) in [6.45, 7) is 4.40. The number of hydrogen-bond donors (Lipinski definition) is 2. The highest BCUT2D eigenvalue weighted by Crippen LogP contribution is 2.31. The fraction of sp³-hybridized carbons (Fsp3) is 0.182. The minimum absolute atomic E-state index is 0.220. The van der Waals surface area contributed by atoms with E-state index in [-0.39, 0.29) is 5.91 Å². The van der Waals surface area contributed by atoms with Gasteiger partial charge in [-0.3, -0.25) is 9.36 Å². The molecule has 5 nitrogen and oxygen atoms in total. The number of hydrogen-bond acceptors (Lipinski definition) is 4. The van der Waals surface area contributed by atoms with Crippen molar-refractivity contribution in [2.45, 2.75) is 20.3 Å².